The zero-order chi connectivity index (χ0) is 23.0. The van der Waals surface area contributed by atoms with Crippen molar-refractivity contribution in [1.29, 1.82) is 0 Å². The van der Waals surface area contributed by atoms with Crippen LogP contribution in [0.4, 0.5) is 4.79 Å². The van der Waals surface area contributed by atoms with E-state index >= 15 is 0 Å². The minimum atomic E-state index is -3.86. The number of nitrogens with two attached hydrogens (primary N) is 1. The zero-order valence-corrected chi connectivity index (χ0v) is 19.6. The first-order chi connectivity index (χ1) is 14.4. The predicted molar refractivity (Wildman–Crippen MR) is 117 cm³/mol. The van der Waals surface area contributed by atoms with Crippen molar-refractivity contribution >= 4 is 22.0 Å². The molecule has 2 fully saturated rings. The van der Waals surface area contributed by atoms with Crippen LogP contribution in [0.2, 0.25) is 0 Å². The fourth-order valence-electron chi connectivity index (χ4n) is 4.52. The average molecular weight is 452 g/mol. The van der Waals surface area contributed by atoms with Gasteiger partial charge < -0.3 is 15.4 Å². The van der Waals surface area contributed by atoms with Crippen LogP contribution in [0.1, 0.15) is 68.8 Å². The second-order valence-electron chi connectivity index (χ2n) is 9.40. The van der Waals surface area contributed by atoms with E-state index in [1.54, 1.807) is 17.9 Å². The molecule has 1 aromatic rings. The normalized spacial score (nSPS) is 23.0. The van der Waals surface area contributed by atoms with Gasteiger partial charge in [0.2, 0.25) is 15.9 Å². The Bertz CT molecular complexity index is 954. The molecule has 2 aliphatic heterocycles. The van der Waals surface area contributed by atoms with Gasteiger partial charge in [0.05, 0.1) is 10.9 Å². The molecule has 0 bridgehead atoms. The summed E-state index contributed by atoms with van der Waals surface area (Å²) in [7, 11) is -3.86. The van der Waals surface area contributed by atoms with Crippen molar-refractivity contribution in [2.24, 2.45) is 5.73 Å². The van der Waals surface area contributed by atoms with Crippen LogP contribution in [0.25, 0.3) is 0 Å². The van der Waals surface area contributed by atoms with E-state index in [2.05, 4.69) is 0 Å². The van der Waals surface area contributed by atoms with Crippen LogP contribution >= 0.6 is 0 Å². The summed E-state index contributed by atoms with van der Waals surface area (Å²) in [5.41, 5.74) is 5.65. The molecule has 0 unspecified atom stereocenters. The number of carbonyl (C=O) groups is 2. The van der Waals surface area contributed by atoms with E-state index in [9.17, 15) is 18.0 Å². The molecule has 2 aliphatic rings. The molecule has 9 heteroatoms. The van der Waals surface area contributed by atoms with Crippen LogP contribution in [0.15, 0.2) is 23.1 Å². The third kappa shape index (κ3) is 5.03. The van der Waals surface area contributed by atoms with Crippen molar-refractivity contribution in [1.82, 2.24) is 9.21 Å². The zero-order valence-electron chi connectivity index (χ0n) is 18.8. The fraction of sp³-hybridized carbons (Fsp3) is 0.636. The molecule has 2 heterocycles. The maximum absolute atomic E-state index is 13.6. The van der Waals surface area contributed by atoms with E-state index in [-0.39, 0.29) is 22.5 Å². The van der Waals surface area contributed by atoms with Gasteiger partial charge in [0.15, 0.2) is 0 Å². The van der Waals surface area contributed by atoms with Gasteiger partial charge in [0, 0.05) is 24.7 Å². The third-order valence-electron chi connectivity index (χ3n) is 5.95. The second-order valence-corrected chi connectivity index (χ2v) is 11.3. The van der Waals surface area contributed by atoms with E-state index in [1.807, 2.05) is 20.8 Å². The molecule has 2 N–H and O–H groups in total. The highest BCUT2D eigenvalue weighted by Gasteiger charge is 2.44. The number of benzene rings is 1. The first-order valence-electron chi connectivity index (χ1n) is 10.8. The first-order valence-corrected chi connectivity index (χ1v) is 12.3. The molecule has 0 aromatic heterocycles. The summed E-state index contributed by atoms with van der Waals surface area (Å²) < 4.78 is 34.3. The number of amides is 2. The van der Waals surface area contributed by atoms with Crippen LogP contribution in [0.3, 0.4) is 0 Å². The molecule has 31 heavy (non-hydrogen) atoms. The first kappa shape index (κ1) is 23.5. The van der Waals surface area contributed by atoms with E-state index in [0.717, 1.165) is 25.7 Å². The maximum Gasteiger partial charge on any atom is 0.410 e. The quantitative estimate of drug-likeness (QED) is 0.757. The summed E-state index contributed by atoms with van der Waals surface area (Å²) in [6.07, 6.45) is 3.47. The van der Waals surface area contributed by atoms with Crippen molar-refractivity contribution in [3.8, 4) is 0 Å². The number of hydrogen-bond donors (Lipinski definition) is 1. The maximum atomic E-state index is 13.6. The predicted octanol–water partition coefficient (Wildman–Crippen LogP) is 3.04. The Balaban J connectivity index is 1.92. The highest BCUT2D eigenvalue weighted by Crippen LogP contribution is 2.34. The SMILES string of the molecule is Cc1ccc(S(=O)(=O)N2CCCC[C@@H]2[C@@H]2CCCN2C(=O)OC(C)(C)C)cc1C(N)=O. The number of ether oxygens (including phenoxy) is 1. The van der Waals surface area contributed by atoms with E-state index < -0.39 is 27.6 Å². The average Bonchev–Trinajstić information content (AvgIpc) is 3.16. The number of piperidine rings is 1. The molecule has 0 radical (unpaired) electrons. The van der Waals surface area contributed by atoms with Crippen LogP contribution in [0.5, 0.6) is 0 Å². The molecule has 2 atom stereocenters. The molecule has 3 rings (SSSR count). The van der Waals surface area contributed by atoms with Crippen molar-refractivity contribution in [3.63, 3.8) is 0 Å². The van der Waals surface area contributed by atoms with Gasteiger partial charge in [-0.3, -0.25) is 4.79 Å². The summed E-state index contributed by atoms with van der Waals surface area (Å²) in [6.45, 7) is 8.12. The Kier molecular flexibility index (Phi) is 6.67. The smallest absolute Gasteiger partial charge is 0.410 e. The lowest BCUT2D eigenvalue weighted by Crippen LogP contribution is -2.55. The van der Waals surface area contributed by atoms with Gasteiger partial charge in [-0.15, -0.1) is 0 Å². The summed E-state index contributed by atoms with van der Waals surface area (Å²) in [5, 5.41) is 0. The molecule has 2 amide bonds. The molecule has 2 saturated heterocycles. The van der Waals surface area contributed by atoms with Crippen molar-refractivity contribution < 1.29 is 22.7 Å². The van der Waals surface area contributed by atoms with Crippen LogP contribution in [-0.2, 0) is 14.8 Å². The number of primary amides is 1. The molecular weight excluding hydrogens is 418 g/mol. The van der Waals surface area contributed by atoms with Crippen molar-refractivity contribution in [2.75, 3.05) is 13.1 Å². The van der Waals surface area contributed by atoms with E-state index in [1.165, 1.54) is 16.4 Å². The van der Waals surface area contributed by atoms with Gasteiger partial charge in [-0.2, -0.15) is 4.31 Å². The van der Waals surface area contributed by atoms with Crippen LogP contribution in [0, 0.1) is 6.92 Å². The monoisotopic (exact) mass is 451 g/mol. The van der Waals surface area contributed by atoms with Gasteiger partial charge in [-0.05, 0) is 71.1 Å². The Hall–Kier alpha value is -2.13. The summed E-state index contributed by atoms with van der Waals surface area (Å²) in [5.74, 6) is -0.656. The number of hydrogen-bond acceptors (Lipinski definition) is 5. The highest BCUT2D eigenvalue weighted by atomic mass is 32.2. The minimum Gasteiger partial charge on any atom is -0.444 e. The number of sulfonamides is 1. The Morgan fingerprint density at radius 2 is 1.74 bits per heavy atom. The number of aryl methyl sites for hydroxylation is 1. The number of rotatable bonds is 4. The summed E-state index contributed by atoms with van der Waals surface area (Å²) >= 11 is 0. The number of carbonyl (C=O) groups excluding carboxylic acids is 2. The van der Waals surface area contributed by atoms with Crippen molar-refractivity contribution in [2.45, 2.75) is 82.4 Å². The molecule has 1 aromatic carbocycles. The number of nitrogens with zero attached hydrogens (tertiary/aromatic N) is 2. The standard InChI is InChI=1S/C22H33N3O5S/c1-15-10-11-16(14-17(15)20(23)26)31(28,29)25-13-6-5-8-19(25)18-9-7-12-24(18)21(27)30-22(2,3)4/h10-11,14,18-19H,5-9,12-13H2,1-4H3,(H2,23,26)/t18-,19+/m0/s1. The van der Waals surface area contributed by atoms with Gasteiger partial charge in [0.25, 0.3) is 0 Å². The molecule has 0 saturated carbocycles. The summed E-state index contributed by atoms with van der Waals surface area (Å²) in [6, 6.07) is 3.93. The molecule has 0 spiro atoms. The number of likely N-dealkylation sites (tertiary alicyclic amines) is 1. The molecular formula is C22H33N3O5S. The van der Waals surface area contributed by atoms with Crippen LogP contribution < -0.4 is 5.73 Å². The van der Waals surface area contributed by atoms with Crippen molar-refractivity contribution in [3.05, 3.63) is 29.3 Å². The fourth-order valence-corrected chi connectivity index (χ4v) is 6.27. The van der Waals surface area contributed by atoms with Crippen LogP contribution in [-0.4, -0.2) is 60.4 Å². The minimum absolute atomic E-state index is 0.0561. The topological polar surface area (TPSA) is 110 Å². The lowest BCUT2D eigenvalue weighted by molar-refractivity contribution is 0.0145. The van der Waals surface area contributed by atoms with E-state index in [0.29, 0.717) is 25.1 Å². The second kappa shape index (κ2) is 8.78. The molecule has 172 valence electrons. The highest BCUT2D eigenvalue weighted by molar-refractivity contribution is 7.89. The van der Waals surface area contributed by atoms with Gasteiger partial charge in [-0.25, -0.2) is 13.2 Å². The Morgan fingerprint density at radius 1 is 1.06 bits per heavy atom. The third-order valence-corrected chi connectivity index (χ3v) is 7.87. The largest absolute Gasteiger partial charge is 0.444 e. The lowest BCUT2D eigenvalue weighted by atomic mass is 9.96. The molecule has 0 aliphatic carbocycles. The van der Waals surface area contributed by atoms with E-state index in [4.69, 9.17) is 10.5 Å². The lowest BCUT2D eigenvalue weighted by Gasteiger charge is -2.41. The van der Waals surface area contributed by atoms with Gasteiger partial charge in [-0.1, -0.05) is 12.5 Å². The van der Waals surface area contributed by atoms with Gasteiger partial charge >= 0.3 is 6.09 Å². The van der Waals surface area contributed by atoms with Gasteiger partial charge in [0.1, 0.15) is 5.60 Å². The Morgan fingerprint density at radius 3 is 2.39 bits per heavy atom. The molecule has 8 nitrogen and oxygen atoms in total. The summed E-state index contributed by atoms with van der Waals surface area (Å²) in [4.78, 5) is 26.3. The Labute approximate surface area is 184 Å².